The predicted molar refractivity (Wildman–Crippen MR) is 117 cm³/mol. The second kappa shape index (κ2) is 9.48. The Morgan fingerprint density at radius 1 is 1.14 bits per heavy atom. The van der Waals surface area contributed by atoms with Gasteiger partial charge in [-0.2, -0.15) is 5.10 Å². The Hall–Kier alpha value is -2.28. The van der Waals surface area contributed by atoms with E-state index in [4.69, 9.17) is 0 Å². The van der Waals surface area contributed by atoms with Crippen molar-refractivity contribution in [3.05, 3.63) is 42.2 Å². The molecule has 29 heavy (non-hydrogen) atoms. The lowest BCUT2D eigenvalue weighted by Crippen LogP contribution is -2.35. The molecule has 2 amide bonds. The third-order valence-corrected chi connectivity index (χ3v) is 6.05. The lowest BCUT2D eigenvalue weighted by molar-refractivity contribution is -0.122. The summed E-state index contributed by atoms with van der Waals surface area (Å²) in [5.74, 6) is 0.194. The number of rotatable bonds is 7. The molecular weight excluding hydrogens is 384 g/mol. The molecule has 7 heteroatoms. The fourth-order valence-electron chi connectivity index (χ4n) is 3.40. The summed E-state index contributed by atoms with van der Waals surface area (Å²) in [6.07, 6.45) is 7.74. The molecule has 6 nitrogen and oxygen atoms in total. The van der Waals surface area contributed by atoms with Crippen LogP contribution in [-0.2, 0) is 21.5 Å². The second-order valence-corrected chi connectivity index (χ2v) is 9.64. The van der Waals surface area contributed by atoms with Crippen molar-refractivity contribution in [3.8, 4) is 0 Å². The van der Waals surface area contributed by atoms with Crippen molar-refractivity contribution < 1.29 is 9.59 Å². The molecular formula is C22H30N4O2S. The van der Waals surface area contributed by atoms with E-state index in [1.165, 1.54) is 30.2 Å². The van der Waals surface area contributed by atoms with Gasteiger partial charge in [-0.15, -0.1) is 11.8 Å². The molecule has 3 rings (SSSR count). The normalized spacial score (nSPS) is 14.7. The number of hydrogen-bond donors (Lipinski definition) is 2. The standard InChI is InChI=1S/C22H30N4O2S/c1-22(2,3)16-8-10-19(11-9-16)29-15-21(28)25-18-12-23-26(13-18)14-20(27)24-17-6-4-5-7-17/h8-13,17H,4-7,14-15H2,1-3H3,(H,24,27)(H,25,28). The highest BCUT2D eigenvalue weighted by Crippen LogP contribution is 2.25. The highest BCUT2D eigenvalue weighted by molar-refractivity contribution is 8.00. The van der Waals surface area contributed by atoms with Gasteiger partial charge in [-0.1, -0.05) is 45.7 Å². The summed E-state index contributed by atoms with van der Waals surface area (Å²) in [7, 11) is 0. The molecule has 1 aliphatic rings. The van der Waals surface area contributed by atoms with E-state index >= 15 is 0 Å². The van der Waals surface area contributed by atoms with Crippen LogP contribution in [0.4, 0.5) is 5.69 Å². The molecule has 2 aromatic rings. The van der Waals surface area contributed by atoms with Crippen LogP contribution in [0.3, 0.4) is 0 Å². The molecule has 156 valence electrons. The van der Waals surface area contributed by atoms with Gasteiger partial charge in [0.15, 0.2) is 0 Å². The van der Waals surface area contributed by atoms with Crippen molar-refractivity contribution >= 4 is 29.3 Å². The summed E-state index contributed by atoms with van der Waals surface area (Å²) in [5.41, 5.74) is 2.00. The lowest BCUT2D eigenvalue weighted by atomic mass is 9.87. The summed E-state index contributed by atoms with van der Waals surface area (Å²) in [6.45, 7) is 6.71. The zero-order chi connectivity index (χ0) is 20.9. The first-order valence-corrected chi connectivity index (χ1v) is 11.1. The monoisotopic (exact) mass is 414 g/mol. The largest absolute Gasteiger partial charge is 0.352 e. The number of aromatic nitrogens is 2. The molecule has 1 heterocycles. The van der Waals surface area contributed by atoms with Crippen LogP contribution < -0.4 is 10.6 Å². The molecule has 0 aliphatic heterocycles. The average Bonchev–Trinajstić information content (AvgIpc) is 3.32. The second-order valence-electron chi connectivity index (χ2n) is 8.59. The van der Waals surface area contributed by atoms with Gasteiger partial charge in [-0.05, 0) is 36.0 Å². The fraction of sp³-hybridized carbons (Fsp3) is 0.500. The minimum atomic E-state index is -0.0927. The van der Waals surface area contributed by atoms with Crippen molar-refractivity contribution in [1.82, 2.24) is 15.1 Å². The molecule has 0 unspecified atom stereocenters. The van der Waals surface area contributed by atoms with Crippen LogP contribution in [0, 0.1) is 0 Å². The van der Waals surface area contributed by atoms with Crippen LogP contribution in [0.5, 0.6) is 0 Å². The van der Waals surface area contributed by atoms with Gasteiger partial charge in [0.05, 0.1) is 17.6 Å². The summed E-state index contributed by atoms with van der Waals surface area (Å²) in [6, 6.07) is 8.63. The number of nitrogens with zero attached hydrogens (tertiary/aromatic N) is 2. The minimum absolute atomic E-state index is 0.0351. The van der Waals surface area contributed by atoms with Crippen molar-refractivity contribution in [2.24, 2.45) is 0 Å². The Morgan fingerprint density at radius 2 is 1.83 bits per heavy atom. The van der Waals surface area contributed by atoms with E-state index in [0.29, 0.717) is 17.5 Å². The van der Waals surface area contributed by atoms with E-state index in [1.54, 1.807) is 17.1 Å². The van der Waals surface area contributed by atoms with Crippen molar-refractivity contribution in [2.45, 2.75) is 69.4 Å². The molecule has 0 saturated heterocycles. The minimum Gasteiger partial charge on any atom is -0.352 e. The van der Waals surface area contributed by atoms with Crippen molar-refractivity contribution in [1.29, 1.82) is 0 Å². The molecule has 1 aliphatic carbocycles. The number of hydrogen-bond acceptors (Lipinski definition) is 4. The predicted octanol–water partition coefficient (Wildman–Crippen LogP) is 3.97. The quantitative estimate of drug-likeness (QED) is 0.672. The van der Waals surface area contributed by atoms with Crippen LogP contribution in [0.15, 0.2) is 41.6 Å². The third-order valence-electron chi connectivity index (χ3n) is 5.03. The number of carbonyl (C=O) groups is 2. The van der Waals surface area contributed by atoms with E-state index < -0.39 is 0 Å². The SMILES string of the molecule is CC(C)(C)c1ccc(SCC(=O)Nc2cnn(CC(=O)NC3CCCC3)c2)cc1. The van der Waals surface area contributed by atoms with Gasteiger partial charge >= 0.3 is 0 Å². The Morgan fingerprint density at radius 3 is 2.48 bits per heavy atom. The maximum Gasteiger partial charge on any atom is 0.241 e. The number of nitrogens with one attached hydrogen (secondary N) is 2. The van der Waals surface area contributed by atoms with Gasteiger partial charge in [0.25, 0.3) is 0 Å². The fourth-order valence-corrected chi connectivity index (χ4v) is 4.10. The van der Waals surface area contributed by atoms with Crippen LogP contribution in [0.2, 0.25) is 0 Å². The zero-order valence-corrected chi connectivity index (χ0v) is 18.2. The molecule has 1 fully saturated rings. The van der Waals surface area contributed by atoms with Gasteiger partial charge in [-0.25, -0.2) is 0 Å². The molecule has 1 aromatic heterocycles. The summed E-state index contributed by atoms with van der Waals surface area (Å²) < 4.78 is 1.55. The first-order valence-electron chi connectivity index (χ1n) is 10.1. The molecule has 0 bridgehead atoms. The molecule has 1 aromatic carbocycles. The Labute approximate surface area is 176 Å². The first kappa shape index (κ1) is 21.4. The summed E-state index contributed by atoms with van der Waals surface area (Å²) in [4.78, 5) is 25.4. The Bertz CT molecular complexity index is 833. The summed E-state index contributed by atoms with van der Waals surface area (Å²) >= 11 is 1.50. The van der Waals surface area contributed by atoms with E-state index in [1.807, 2.05) is 0 Å². The molecule has 1 saturated carbocycles. The maximum absolute atomic E-state index is 12.2. The van der Waals surface area contributed by atoms with Gasteiger partial charge in [0, 0.05) is 17.1 Å². The number of anilines is 1. The van der Waals surface area contributed by atoms with Crippen LogP contribution in [-0.4, -0.2) is 33.4 Å². The van der Waals surface area contributed by atoms with Gasteiger partial charge in [0.2, 0.25) is 11.8 Å². The number of amides is 2. The highest BCUT2D eigenvalue weighted by Gasteiger charge is 2.17. The van der Waals surface area contributed by atoms with Crippen molar-refractivity contribution in [3.63, 3.8) is 0 Å². The average molecular weight is 415 g/mol. The number of benzene rings is 1. The Balaban J connectivity index is 1.43. The molecule has 0 atom stereocenters. The van der Waals surface area contributed by atoms with Gasteiger partial charge in [0.1, 0.15) is 6.54 Å². The van der Waals surface area contributed by atoms with E-state index in [9.17, 15) is 9.59 Å². The molecule has 0 spiro atoms. The topological polar surface area (TPSA) is 76.0 Å². The molecule has 2 N–H and O–H groups in total. The molecule has 0 radical (unpaired) electrons. The lowest BCUT2D eigenvalue weighted by Gasteiger charge is -2.19. The van der Waals surface area contributed by atoms with Crippen LogP contribution in [0.25, 0.3) is 0 Å². The zero-order valence-electron chi connectivity index (χ0n) is 17.4. The van der Waals surface area contributed by atoms with E-state index in [0.717, 1.165) is 17.7 Å². The smallest absolute Gasteiger partial charge is 0.241 e. The first-order chi connectivity index (χ1) is 13.8. The van der Waals surface area contributed by atoms with Crippen LogP contribution >= 0.6 is 11.8 Å². The van der Waals surface area contributed by atoms with Crippen LogP contribution in [0.1, 0.15) is 52.0 Å². The number of thioether (sulfide) groups is 1. The van der Waals surface area contributed by atoms with E-state index in [-0.39, 0.29) is 23.8 Å². The van der Waals surface area contributed by atoms with E-state index in [2.05, 4.69) is 60.8 Å². The van der Waals surface area contributed by atoms with Gasteiger partial charge in [-0.3, -0.25) is 14.3 Å². The van der Waals surface area contributed by atoms with Crippen molar-refractivity contribution in [2.75, 3.05) is 11.1 Å². The Kier molecular flexibility index (Phi) is 7.00. The van der Waals surface area contributed by atoms with Gasteiger partial charge < -0.3 is 10.6 Å². The number of carbonyl (C=O) groups excluding carboxylic acids is 2. The third kappa shape index (κ3) is 6.63. The highest BCUT2D eigenvalue weighted by atomic mass is 32.2. The maximum atomic E-state index is 12.2. The summed E-state index contributed by atoms with van der Waals surface area (Å²) in [5, 5.41) is 10.0.